The molecule has 1 rings (SSSR count). The monoisotopic (exact) mass is 327 g/mol. The van der Waals surface area contributed by atoms with Crippen molar-refractivity contribution in [3.63, 3.8) is 0 Å². The first-order valence-corrected chi connectivity index (χ1v) is 5.94. The van der Waals surface area contributed by atoms with Gasteiger partial charge in [-0.15, -0.1) is 0 Å². The fraction of sp³-hybridized carbons (Fsp3) is 0.455. The molecule has 1 atom stereocenters. The van der Waals surface area contributed by atoms with Crippen LogP contribution in [0.4, 0.5) is 13.2 Å². The molecule has 0 aliphatic heterocycles. The Bertz CT molecular complexity index is 398. The smallest absolute Gasteiger partial charge is 0.417 e. The first-order valence-electron chi connectivity index (χ1n) is 5.15. The molecule has 0 spiro atoms. The third-order valence-electron chi connectivity index (χ3n) is 2.16. The Morgan fingerprint density at radius 3 is 2.67 bits per heavy atom. The molecule has 2 N–H and O–H groups in total. The molecule has 0 radical (unpaired) electrons. The van der Waals surface area contributed by atoms with Crippen molar-refractivity contribution in [2.24, 2.45) is 0 Å². The van der Waals surface area contributed by atoms with Crippen LogP contribution in [-0.2, 0) is 6.54 Å². The lowest BCUT2D eigenvalue weighted by atomic mass is 10.2. The molecular weight excluding hydrogens is 315 g/mol. The van der Waals surface area contributed by atoms with Crippen LogP contribution >= 0.6 is 15.9 Å². The van der Waals surface area contributed by atoms with E-state index in [-0.39, 0.29) is 0 Å². The molecule has 0 aliphatic carbocycles. The summed E-state index contributed by atoms with van der Waals surface area (Å²) in [4.78, 5) is 0. The summed E-state index contributed by atoms with van der Waals surface area (Å²) in [7, 11) is 1.72. The van der Waals surface area contributed by atoms with Crippen molar-refractivity contribution in [3.8, 4) is 5.75 Å². The van der Waals surface area contributed by atoms with Crippen LogP contribution < -0.4 is 10.1 Å². The van der Waals surface area contributed by atoms with E-state index in [1.165, 1.54) is 0 Å². The molecule has 1 aromatic rings. The van der Waals surface area contributed by atoms with E-state index < -0.39 is 18.9 Å². The molecule has 102 valence electrons. The fourth-order valence-electron chi connectivity index (χ4n) is 1.28. The van der Waals surface area contributed by atoms with Gasteiger partial charge in [0.05, 0.1) is 0 Å². The number of hydrogen-bond acceptors (Lipinski definition) is 3. The summed E-state index contributed by atoms with van der Waals surface area (Å²) in [6, 6.07) is 4.96. The number of hydrogen-bond donors (Lipinski definition) is 2. The minimum Gasteiger partial charge on any atom is -0.490 e. The molecule has 0 amide bonds. The highest BCUT2D eigenvalue weighted by atomic mass is 79.9. The van der Waals surface area contributed by atoms with Crippen molar-refractivity contribution < 1.29 is 23.0 Å². The number of aliphatic hydroxyl groups excluding tert-OH is 1. The second kappa shape index (κ2) is 6.40. The number of aliphatic hydroxyl groups is 1. The minimum atomic E-state index is -4.67. The topological polar surface area (TPSA) is 41.5 Å². The maximum absolute atomic E-state index is 12.1. The molecule has 0 saturated carbocycles. The van der Waals surface area contributed by atoms with Crippen molar-refractivity contribution >= 4 is 15.9 Å². The van der Waals surface area contributed by atoms with Crippen LogP contribution in [0.3, 0.4) is 0 Å². The van der Waals surface area contributed by atoms with Crippen molar-refractivity contribution in [2.75, 3.05) is 13.7 Å². The largest absolute Gasteiger partial charge is 0.490 e. The molecule has 0 bridgehead atoms. The van der Waals surface area contributed by atoms with E-state index in [1.54, 1.807) is 25.2 Å². The number of benzene rings is 1. The summed E-state index contributed by atoms with van der Waals surface area (Å²) in [5, 5.41) is 11.7. The zero-order valence-electron chi connectivity index (χ0n) is 9.59. The van der Waals surface area contributed by atoms with Gasteiger partial charge in [0, 0.05) is 16.6 Å². The van der Waals surface area contributed by atoms with E-state index in [4.69, 9.17) is 9.84 Å². The van der Waals surface area contributed by atoms with Crippen LogP contribution in [0.25, 0.3) is 0 Å². The molecule has 0 heterocycles. The molecule has 0 aromatic heterocycles. The van der Waals surface area contributed by atoms with E-state index in [0.29, 0.717) is 17.9 Å². The summed E-state index contributed by atoms with van der Waals surface area (Å²) in [6.45, 7) is -0.362. The summed E-state index contributed by atoms with van der Waals surface area (Å²) in [6.07, 6.45) is -7.15. The van der Waals surface area contributed by atoms with Gasteiger partial charge in [-0.2, -0.15) is 13.2 Å². The van der Waals surface area contributed by atoms with Crippen LogP contribution in [0, 0.1) is 0 Å². The molecule has 1 unspecified atom stereocenters. The molecule has 18 heavy (non-hydrogen) atoms. The maximum Gasteiger partial charge on any atom is 0.417 e. The lowest BCUT2D eigenvalue weighted by Crippen LogP contribution is -2.34. The number of nitrogens with one attached hydrogen (secondary N) is 1. The normalized spacial score (nSPS) is 13.4. The Morgan fingerprint density at radius 2 is 2.11 bits per heavy atom. The Morgan fingerprint density at radius 1 is 1.44 bits per heavy atom. The van der Waals surface area contributed by atoms with E-state index in [9.17, 15) is 13.2 Å². The summed E-state index contributed by atoms with van der Waals surface area (Å²) >= 11 is 3.27. The highest BCUT2D eigenvalue weighted by Crippen LogP contribution is 2.25. The van der Waals surface area contributed by atoms with Crippen molar-refractivity contribution in [1.82, 2.24) is 5.32 Å². The van der Waals surface area contributed by atoms with Crippen molar-refractivity contribution in [1.29, 1.82) is 0 Å². The average molecular weight is 328 g/mol. The van der Waals surface area contributed by atoms with Crippen LogP contribution in [0.5, 0.6) is 5.75 Å². The first-order chi connectivity index (χ1) is 8.34. The summed E-state index contributed by atoms with van der Waals surface area (Å²) in [5.74, 6) is 0.316. The van der Waals surface area contributed by atoms with Crippen LogP contribution in [0.15, 0.2) is 22.7 Å². The van der Waals surface area contributed by atoms with Crippen LogP contribution in [-0.4, -0.2) is 31.0 Å². The van der Waals surface area contributed by atoms with E-state index in [1.807, 2.05) is 0 Å². The Hall–Kier alpha value is -0.790. The molecule has 0 aliphatic rings. The summed E-state index contributed by atoms with van der Waals surface area (Å²) in [5.41, 5.74) is 0.709. The predicted molar refractivity (Wildman–Crippen MR) is 64.5 cm³/mol. The van der Waals surface area contributed by atoms with Crippen LogP contribution in [0.1, 0.15) is 5.56 Å². The fourth-order valence-corrected chi connectivity index (χ4v) is 1.69. The van der Waals surface area contributed by atoms with Crippen molar-refractivity contribution in [3.05, 3.63) is 28.2 Å². The number of rotatable bonds is 5. The second-order valence-corrected chi connectivity index (χ2v) is 4.57. The lowest BCUT2D eigenvalue weighted by molar-refractivity contribution is -0.210. The van der Waals surface area contributed by atoms with Gasteiger partial charge in [0.1, 0.15) is 12.4 Å². The van der Waals surface area contributed by atoms with Gasteiger partial charge in [0.25, 0.3) is 0 Å². The Labute approximate surface area is 111 Å². The quantitative estimate of drug-likeness (QED) is 0.873. The molecule has 0 fully saturated rings. The molecular formula is C11H13BrF3NO2. The molecule has 0 saturated heterocycles. The van der Waals surface area contributed by atoms with E-state index in [0.717, 1.165) is 4.47 Å². The van der Waals surface area contributed by atoms with Crippen LogP contribution in [0.2, 0.25) is 0 Å². The number of halogens is 4. The maximum atomic E-state index is 12.1. The zero-order valence-corrected chi connectivity index (χ0v) is 11.2. The predicted octanol–water partition coefficient (Wildman–Crippen LogP) is 2.47. The first kappa shape index (κ1) is 15.3. The van der Waals surface area contributed by atoms with Gasteiger partial charge in [-0.1, -0.05) is 15.9 Å². The Balaban J connectivity index is 2.72. The minimum absolute atomic E-state index is 0.316. The van der Waals surface area contributed by atoms with E-state index >= 15 is 0 Å². The van der Waals surface area contributed by atoms with Gasteiger partial charge in [-0.05, 0) is 25.2 Å². The second-order valence-electron chi connectivity index (χ2n) is 3.65. The van der Waals surface area contributed by atoms with E-state index in [2.05, 4.69) is 21.2 Å². The molecule has 7 heteroatoms. The van der Waals surface area contributed by atoms with Gasteiger partial charge < -0.3 is 15.2 Å². The highest BCUT2D eigenvalue weighted by Gasteiger charge is 2.38. The number of alkyl halides is 3. The van der Waals surface area contributed by atoms with Gasteiger partial charge in [0.15, 0.2) is 6.10 Å². The summed E-state index contributed by atoms with van der Waals surface area (Å²) < 4.78 is 42.1. The van der Waals surface area contributed by atoms with Gasteiger partial charge in [-0.3, -0.25) is 0 Å². The zero-order chi connectivity index (χ0) is 13.8. The average Bonchev–Trinajstić information content (AvgIpc) is 2.26. The van der Waals surface area contributed by atoms with Gasteiger partial charge in [0.2, 0.25) is 0 Å². The highest BCUT2D eigenvalue weighted by molar-refractivity contribution is 9.10. The lowest BCUT2D eigenvalue weighted by Gasteiger charge is -2.17. The molecule has 1 aromatic carbocycles. The third-order valence-corrected chi connectivity index (χ3v) is 2.66. The Kier molecular flexibility index (Phi) is 5.43. The third kappa shape index (κ3) is 4.47. The number of ether oxygens (including phenoxy) is 1. The van der Waals surface area contributed by atoms with Gasteiger partial charge >= 0.3 is 6.18 Å². The van der Waals surface area contributed by atoms with Gasteiger partial charge in [-0.25, -0.2) is 0 Å². The SMILES string of the molecule is CNCc1cc(Br)ccc1OCC(O)C(F)(F)F. The standard InChI is InChI=1S/C11H13BrF3NO2/c1-16-5-7-4-8(12)2-3-9(7)18-6-10(17)11(13,14)15/h2-4,10,16-17H,5-6H2,1H3. The van der Waals surface area contributed by atoms with Crippen molar-refractivity contribution in [2.45, 2.75) is 18.8 Å². The molecule has 3 nitrogen and oxygen atoms in total.